The van der Waals surface area contributed by atoms with E-state index in [0.717, 1.165) is 5.75 Å². The second-order valence-electron chi connectivity index (χ2n) is 3.09. The Kier molecular flexibility index (Phi) is 7.65. The minimum atomic E-state index is 0.326. The second kappa shape index (κ2) is 7.65. The fourth-order valence-corrected chi connectivity index (χ4v) is 1.80. The van der Waals surface area contributed by atoms with E-state index in [-0.39, 0.29) is 0 Å². The van der Waals surface area contributed by atoms with Gasteiger partial charge in [-0.25, -0.2) is 0 Å². The molecule has 0 aromatic heterocycles. The van der Waals surface area contributed by atoms with Gasteiger partial charge < -0.3 is 0 Å². The Labute approximate surface area is 80.0 Å². The molecule has 0 aromatic rings. The van der Waals surface area contributed by atoms with Crippen LogP contribution >= 0.6 is 11.8 Å². The van der Waals surface area contributed by atoms with E-state index in [1.54, 1.807) is 0 Å². The van der Waals surface area contributed by atoms with Gasteiger partial charge in [-0.3, -0.25) is 11.3 Å². The summed E-state index contributed by atoms with van der Waals surface area (Å²) in [6, 6.07) is 0.326. The Morgan fingerprint density at radius 3 is 2.67 bits per heavy atom. The Bertz CT molecular complexity index is 130. The molecule has 0 aliphatic carbocycles. The predicted molar refractivity (Wildman–Crippen MR) is 58.2 cm³/mol. The van der Waals surface area contributed by atoms with E-state index in [4.69, 9.17) is 5.84 Å². The molecule has 1 atom stereocenters. The first-order valence-corrected chi connectivity index (χ1v) is 5.55. The minimum Gasteiger partial charge on any atom is -0.271 e. The SMILES string of the molecule is CCCSCC(C=C(C)C)NN. The van der Waals surface area contributed by atoms with Crippen LogP contribution in [-0.2, 0) is 0 Å². The number of hydrogen-bond donors (Lipinski definition) is 2. The third-order valence-electron chi connectivity index (χ3n) is 1.39. The average Bonchev–Trinajstić information content (AvgIpc) is 2.02. The van der Waals surface area contributed by atoms with Crippen LogP contribution < -0.4 is 11.3 Å². The van der Waals surface area contributed by atoms with Gasteiger partial charge in [0.2, 0.25) is 0 Å². The third-order valence-corrected chi connectivity index (χ3v) is 2.69. The molecule has 0 fully saturated rings. The van der Waals surface area contributed by atoms with Crippen molar-refractivity contribution in [2.75, 3.05) is 11.5 Å². The van der Waals surface area contributed by atoms with E-state index in [0.29, 0.717) is 6.04 Å². The number of rotatable bonds is 6. The van der Waals surface area contributed by atoms with Crippen LogP contribution in [0.25, 0.3) is 0 Å². The molecule has 2 nitrogen and oxygen atoms in total. The number of nitrogens with one attached hydrogen (secondary N) is 1. The van der Waals surface area contributed by atoms with Gasteiger partial charge in [0.25, 0.3) is 0 Å². The standard InChI is InChI=1S/C9H20N2S/c1-4-5-12-7-9(11-10)6-8(2)3/h6,9,11H,4-5,7,10H2,1-3H3. The second-order valence-corrected chi connectivity index (χ2v) is 4.24. The topological polar surface area (TPSA) is 38.0 Å². The van der Waals surface area contributed by atoms with Crippen LogP contribution in [0.5, 0.6) is 0 Å². The zero-order valence-electron chi connectivity index (χ0n) is 8.26. The lowest BCUT2D eigenvalue weighted by atomic mass is 10.2. The summed E-state index contributed by atoms with van der Waals surface area (Å²) in [5.41, 5.74) is 4.11. The van der Waals surface area contributed by atoms with Gasteiger partial charge in [0.1, 0.15) is 0 Å². The first kappa shape index (κ1) is 12.0. The zero-order valence-corrected chi connectivity index (χ0v) is 9.08. The lowest BCUT2D eigenvalue weighted by Gasteiger charge is -2.11. The lowest BCUT2D eigenvalue weighted by Crippen LogP contribution is -2.35. The van der Waals surface area contributed by atoms with Gasteiger partial charge in [-0.2, -0.15) is 11.8 Å². The maximum Gasteiger partial charge on any atom is 0.0483 e. The first-order valence-electron chi connectivity index (χ1n) is 4.39. The Hall–Kier alpha value is 0.01000. The summed E-state index contributed by atoms with van der Waals surface area (Å²) in [6.07, 6.45) is 3.40. The van der Waals surface area contributed by atoms with Crippen LogP contribution in [0.1, 0.15) is 27.2 Å². The number of hydrazine groups is 1. The van der Waals surface area contributed by atoms with Gasteiger partial charge in [0.15, 0.2) is 0 Å². The number of allylic oxidation sites excluding steroid dienone is 1. The lowest BCUT2D eigenvalue weighted by molar-refractivity contribution is 0.673. The highest BCUT2D eigenvalue weighted by Gasteiger charge is 2.01. The van der Waals surface area contributed by atoms with Crippen molar-refractivity contribution in [3.63, 3.8) is 0 Å². The number of nitrogens with two attached hydrogens (primary N) is 1. The average molecular weight is 188 g/mol. The van der Waals surface area contributed by atoms with Gasteiger partial charge in [-0.15, -0.1) is 0 Å². The third kappa shape index (κ3) is 6.70. The molecular formula is C9H20N2S. The molecule has 0 radical (unpaired) electrons. The van der Waals surface area contributed by atoms with Crippen LogP contribution in [0.15, 0.2) is 11.6 Å². The van der Waals surface area contributed by atoms with Crippen LogP contribution in [0.2, 0.25) is 0 Å². The fourth-order valence-electron chi connectivity index (χ4n) is 0.901. The summed E-state index contributed by atoms with van der Waals surface area (Å²) in [6.45, 7) is 6.38. The molecule has 0 spiro atoms. The maximum absolute atomic E-state index is 5.40. The molecule has 72 valence electrons. The number of hydrogen-bond acceptors (Lipinski definition) is 3. The van der Waals surface area contributed by atoms with Crippen molar-refractivity contribution in [2.45, 2.75) is 33.2 Å². The molecule has 0 heterocycles. The predicted octanol–water partition coefficient (Wildman–Crippen LogP) is 1.93. The van der Waals surface area contributed by atoms with E-state index >= 15 is 0 Å². The van der Waals surface area contributed by atoms with Crippen molar-refractivity contribution < 1.29 is 0 Å². The highest BCUT2D eigenvalue weighted by Crippen LogP contribution is 2.06. The van der Waals surface area contributed by atoms with Crippen molar-refractivity contribution in [3.8, 4) is 0 Å². The normalized spacial score (nSPS) is 12.7. The van der Waals surface area contributed by atoms with E-state index in [9.17, 15) is 0 Å². The van der Waals surface area contributed by atoms with Gasteiger partial charge in [0.05, 0.1) is 0 Å². The van der Waals surface area contributed by atoms with Gasteiger partial charge in [-0.1, -0.05) is 18.6 Å². The minimum absolute atomic E-state index is 0.326. The van der Waals surface area contributed by atoms with Crippen LogP contribution in [0.3, 0.4) is 0 Å². The Morgan fingerprint density at radius 2 is 2.25 bits per heavy atom. The summed E-state index contributed by atoms with van der Waals surface area (Å²) in [5, 5.41) is 0. The highest BCUT2D eigenvalue weighted by molar-refractivity contribution is 7.99. The molecule has 0 saturated heterocycles. The number of thioether (sulfide) groups is 1. The van der Waals surface area contributed by atoms with Crippen molar-refractivity contribution in [1.82, 2.24) is 5.43 Å². The molecule has 3 N–H and O–H groups in total. The molecule has 12 heavy (non-hydrogen) atoms. The molecule has 0 aliphatic rings. The zero-order chi connectivity index (χ0) is 9.40. The van der Waals surface area contributed by atoms with Crippen LogP contribution in [-0.4, -0.2) is 17.5 Å². The van der Waals surface area contributed by atoms with Crippen molar-refractivity contribution in [2.24, 2.45) is 5.84 Å². The van der Waals surface area contributed by atoms with E-state index in [2.05, 4.69) is 32.3 Å². The monoisotopic (exact) mass is 188 g/mol. The molecule has 3 heteroatoms. The summed E-state index contributed by atoms with van der Waals surface area (Å²) in [7, 11) is 0. The summed E-state index contributed by atoms with van der Waals surface area (Å²) in [5.74, 6) is 7.68. The maximum atomic E-state index is 5.40. The quantitative estimate of drug-likeness (QED) is 0.289. The summed E-state index contributed by atoms with van der Waals surface area (Å²) < 4.78 is 0. The van der Waals surface area contributed by atoms with Gasteiger partial charge >= 0.3 is 0 Å². The van der Waals surface area contributed by atoms with Crippen LogP contribution in [0.4, 0.5) is 0 Å². The Morgan fingerprint density at radius 1 is 1.58 bits per heavy atom. The van der Waals surface area contributed by atoms with Gasteiger partial charge in [-0.05, 0) is 26.0 Å². The van der Waals surface area contributed by atoms with Crippen LogP contribution in [0, 0.1) is 0 Å². The van der Waals surface area contributed by atoms with Crippen molar-refractivity contribution in [3.05, 3.63) is 11.6 Å². The molecule has 0 saturated carbocycles. The molecule has 0 amide bonds. The van der Waals surface area contributed by atoms with E-state index in [1.807, 2.05) is 11.8 Å². The largest absolute Gasteiger partial charge is 0.271 e. The summed E-state index contributed by atoms with van der Waals surface area (Å²) >= 11 is 1.94. The molecule has 0 rings (SSSR count). The highest BCUT2D eigenvalue weighted by atomic mass is 32.2. The fraction of sp³-hybridized carbons (Fsp3) is 0.778. The summed E-state index contributed by atoms with van der Waals surface area (Å²) in [4.78, 5) is 0. The molecule has 0 aliphatic heterocycles. The smallest absolute Gasteiger partial charge is 0.0483 e. The Balaban J connectivity index is 3.61. The first-order chi connectivity index (χ1) is 5.70. The molecule has 0 aromatic carbocycles. The van der Waals surface area contributed by atoms with Gasteiger partial charge in [0, 0.05) is 11.8 Å². The molecule has 0 bridgehead atoms. The molecular weight excluding hydrogens is 168 g/mol. The van der Waals surface area contributed by atoms with Crippen molar-refractivity contribution >= 4 is 11.8 Å². The van der Waals surface area contributed by atoms with E-state index in [1.165, 1.54) is 17.7 Å². The van der Waals surface area contributed by atoms with E-state index < -0.39 is 0 Å². The van der Waals surface area contributed by atoms with Crippen molar-refractivity contribution in [1.29, 1.82) is 0 Å². The molecule has 1 unspecified atom stereocenters.